The topological polar surface area (TPSA) is 39.1 Å². The third kappa shape index (κ3) is 2.76. The summed E-state index contributed by atoms with van der Waals surface area (Å²) in [4.78, 5) is 0.346. The maximum atomic E-state index is 13.1. The average molecular weight is 329 g/mol. The van der Waals surface area contributed by atoms with Crippen molar-refractivity contribution in [1.29, 1.82) is 0 Å². The van der Waals surface area contributed by atoms with Crippen molar-refractivity contribution in [2.24, 2.45) is 0 Å². The molecule has 0 atom stereocenters. The van der Waals surface area contributed by atoms with Gasteiger partial charge in [-0.15, -0.1) is 0 Å². The van der Waals surface area contributed by atoms with E-state index in [0.29, 0.717) is 4.90 Å². The lowest BCUT2D eigenvalue weighted by atomic mass is 10.0. The number of rotatable bonds is 3. The van der Waals surface area contributed by atoms with Gasteiger partial charge in [0.1, 0.15) is 0 Å². The third-order valence-corrected chi connectivity index (χ3v) is 6.31. The van der Waals surface area contributed by atoms with Gasteiger partial charge in [-0.2, -0.15) is 0 Å². The molecule has 0 amide bonds. The maximum Gasteiger partial charge on any atom is 0.267 e. The summed E-state index contributed by atoms with van der Waals surface area (Å²) >= 11 is 0. The van der Waals surface area contributed by atoms with Crippen molar-refractivity contribution in [3.8, 4) is 0 Å². The number of benzene rings is 1. The Morgan fingerprint density at radius 3 is 2.43 bits per heavy atom. The quantitative estimate of drug-likeness (QED) is 0.786. The fraction of sp³-hybridized carbons (Fsp3) is 0.368. The molecule has 1 aliphatic carbocycles. The Bertz CT molecular complexity index is 842. The van der Waals surface area contributed by atoms with Crippen LogP contribution >= 0.6 is 0 Å². The molecule has 1 aromatic carbocycles. The molecule has 0 bridgehead atoms. The van der Waals surface area contributed by atoms with E-state index in [0.717, 1.165) is 60.1 Å². The fourth-order valence-electron chi connectivity index (χ4n) is 3.31. The number of allylic oxidation sites excluding steroid dienone is 1. The van der Waals surface area contributed by atoms with Crippen LogP contribution in [0.15, 0.2) is 41.9 Å². The number of hydrogen-bond donors (Lipinski definition) is 0. The van der Waals surface area contributed by atoms with Gasteiger partial charge in [0.2, 0.25) is 0 Å². The molecule has 1 aliphatic rings. The first kappa shape index (κ1) is 16.1. The SMILES string of the molecule is C=C1CCCCc2c1c(CC)cn2S(=O)(=O)c1ccc(C)cc1. The van der Waals surface area contributed by atoms with Gasteiger partial charge in [0.05, 0.1) is 4.90 Å². The Morgan fingerprint density at radius 2 is 1.78 bits per heavy atom. The molecule has 0 saturated heterocycles. The molecule has 0 fully saturated rings. The molecule has 0 aliphatic heterocycles. The minimum atomic E-state index is -3.55. The molecule has 3 nitrogen and oxygen atoms in total. The summed E-state index contributed by atoms with van der Waals surface area (Å²) in [7, 11) is -3.55. The van der Waals surface area contributed by atoms with E-state index in [1.165, 1.54) is 3.97 Å². The molecule has 23 heavy (non-hydrogen) atoms. The molecule has 3 rings (SSSR count). The summed E-state index contributed by atoms with van der Waals surface area (Å²) in [5.41, 5.74) is 5.21. The van der Waals surface area contributed by atoms with Gasteiger partial charge in [-0.25, -0.2) is 12.4 Å². The number of nitrogens with zero attached hydrogens (tertiary/aromatic N) is 1. The van der Waals surface area contributed by atoms with E-state index >= 15 is 0 Å². The highest BCUT2D eigenvalue weighted by Crippen LogP contribution is 2.34. The van der Waals surface area contributed by atoms with Crippen molar-refractivity contribution in [3.63, 3.8) is 0 Å². The fourth-order valence-corrected chi connectivity index (χ4v) is 4.75. The zero-order chi connectivity index (χ0) is 16.6. The zero-order valence-corrected chi connectivity index (χ0v) is 14.6. The molecule has 2 aromatic rings. The first-order valence-corrected chi connectivity index (χ1v) is 9.62. The summed E-state index contributed by atoms with van der Waals surface area (Å²) in [6.45, 7) is 8.22. The average Bonchev–Trinajstić information content (AvgIpc) is 2.81. The highest BCUT2D eigenvalue weighted by atomic mass is 32.2. The van der Waals surface area contributed by atoms with E-state index in [1.54, 1.807) is 18.3 Å². The van der Waals surface area contributed by atoms with Gasteiger partial charge in [-0.05, 0) is 62.3 Å². The second-order valence-corrected chi connectivity index (χ2v) is 8.07. The van der Waals surface area contributed by atoms with E-state index in [-0.39, 0.29) is 0 Å². The molecule has 1 aromatic heterocycles. The maximum absolute atomic E-state index is 13.1. The van der Waals surface area contributed by atoms with Gasteiger partial charge >= 0.3 is 0 Å². The van der Waals surface area contributed by atoms with Crippen LogP contribution in [0.3, 0.4) is 0 Å². The van der Waals surface area contributed by atoms with Gasteiger partial charge in [-0.1, -0.05) is 31.2 Å². The van der Waals surface area contributed by atoms with E-state index in [4.69, 9.17) is 0 Å². The van der Waals surface area contributed by atoms with E-state index in [1.807, 2.05) is 19.1 Å². The van der Waals surface area contributed by atoms with Crippen molar-refractivity contribution in [2.75, 3.05) is 0 Å². The zero-order valence-electron chi connectivity index (χ0n) is 13.8. The first-order valence-electron chi connectivity index (χ1n) is 8.18. The van der Waals surface area contributed by atoms with Crippen LogP contribution in [-0.2, 0) is 22.9 Å². The van der Waals surface area contributed by atoms with Gasteiger partial charge < -0.3 is 0 Å². The van der Waals surface area contributed by atoms with Crippen LogP contribution in [-0.4, -0.2) is 12.4 Å². The van der Waals surface area contributed by atoms with Crippen LogP contribution in [0.1, 0.15) is 48.6 Å². The number of aryl methyl sites for hydroxylation is 2. The Balaban J connectivity index is 2.20. The highest BCUT2D eigenvalue weighted by Gasteiger charge is 2.26. The van der Waals surface area contributed by atoms with Crippen molar-refractivity contribution in [1.82, 2.24) is 3.97 Å². The van der Waals surface area contributed by atoms with Crippen LogP contribution in [0, 0.1) is 6.92 Å². The Labute approximate surface area is 138 Å². The van der Waals surface area contributed by atoms with E-state index in [9.17, 15) is 8.42 Å². The predicted molar refractivity (Wildman–Crippen MR) is 94.2 cm³/mol. The number of aromatic nitrogens is 1. The molecule has 0 spiro atoms. The normalized spacial score (nSPS) is 15.3. The van der Waals surface area contributed by atoms with Gasteiger partial charge in [0.15, 0.2) is 0 Å². The van der Waals surface area contributed by atoms with Crippen molar-refractivity contribution in [2.45, 2.75) is 50.8 Å². The van der Waals surface area contributed by atoms with Crippen molar-refractivity contribution >= 4 is 15.6 Å². The largest absolute Gasteiger partial charge is 0.267 e. The molecular weight excluding hydrogens is 306 g/mol. The smallest absolute Gasteiger partial charge is 0.245 e. The molecule has 4 heteroatoms. The minimum absolute atomic E-state index is 0.346. The summed E-state index contributed by atoms with van der Waals surface area (Å²) in [5.74, 6) is 0. The van der Waals surface area contributed by atoms with Crippen LogP contribution in [0.4, 0.5) is 0 Å². The molecule has 0 saturated carbocycles. The Morgan fingerprint density at radius 1 is 1.13 bits per heavy atom. The highest BCUT2D eigenvalue weighted by molar-refractivity contribution is 7.90. The summed E-state index contributed by atoms with van der Waals surface area (Å²) < 4.78 is 27.7. The minimum Gasteiger partial charge on any atom is -0.245 e. The summed E-state index contributed by atoms with van der Waals surface area (Å²) in [6, 6.07) is 7.06. The summed E-state index contributed by atoms with van der Waals surface area (Å²) in [6.07, 6.45) is 6.44. The lowest BCUT2D eigenvalue weighted by molar-refractivity contribution is 0.584. The molecule has 0 N–H and O–H groups in total. The van der Waals surface area contributed by atoms with Crippen LogP contribution in [0.5, 0.6) is 0 Å². The van der Waals surface area contributed by atoms with Crippen LogP contribution < -0.4 is 0 Å². The second-order valence-electron chi connectivity index (χ2n) is 6.25. The van der Waals surface area contributed by atoms with Gasteiger partial charge in [0, 0.05) is 17.5 Å². The van der Waals surface area contributed by atoms with Crippen molar-refractivity contribution in [3.05, 3.63) is 59.4 Å². The van der Waals surface area contributed by atoms with Crippen molar-refractivity contribution < 1.29 is 8.42 Å². The first-order chi connectivity index (χ1) is 10.9. The molecule has 1 heterocycles. The Kier molecular flexibility index (Phi) is 4.19. The lowest BCUT2D eigenvalue weighted by Crippen LogP contribution is -2.15. The standard InChI is InChI=1S/C19H23NO2S/c1-4-16-13-20(18-8-6-5-7-15(3)19(16)18)23(21,22)17-11-9-14(2)10-12-17/h9-13H,3-8H2,1-2H3. The van der Waals surface area contributed by atoms with Gasteiger partial charge in [-0.3, -0.25) is 0 Å². The van der Waals surface area contributed by atoms with Gasteiger partial charge in [0.25, 0.3) is 10.0 Å². The second kappa shape index (κ2) is 6.00. The lowest BCUT2D eigenvalue weighted by Gasteiger charge is -2.11. The number of fused-ring (bicyclic) bond motifs is 1. The Hall–Kier alpha value is -1.81. The number of hydrogen-bond acceptors (Lipinski definition) is 2. The third-order valence-electron chi connectivity index (χ3n) is 4.60. The van der Waals surface area contributed by atoms with E-state index < -0.39 is 10.0 Å². The molecular formula is C19H23NO2S. The monoisotopic (exact) mass is 329 g/mol. The molecule has 122 valence electrons. The molecule has 0 unspecified atom stereocenters. The van der Waals surface area contributed by atoms with Crippen LogP contribution in [0.25, 0.3) is 5.57 Å². The van der Waals surface area contributed by atoms with Crippen LogP contribution in [0.2, 0.25) is 0 Å². The van der Waals surface area contributed by atoms with E-state index in [2.05, 4.69) is 13.5 Å². The molecule has 0 radical (unpaired) electrons. The summed E-state index contributed by atoms with van der Waals surface area (Å²) in [5, 5.41) is 0. The predicted octanol–water partition coefficient (Wildman–Crippen LogP) is 4.34.